The van der Waals surface area contributed by atoms with Gasteiger partial charge in [-0.25, -0.2) is 14.4 Å². The summed E-state index contributed by atoms with van der Waals surface area (Å²) in [5, 5.41) is 13.1. The quantitative estimate of drug-likeness (QED) is 0.854. The van der Waals surface area contributed by atoms with Crippen LogP contribution in [0.3, 0.4) is 0 Å². The summed E-state index contributed by atoms with van der Waals surface area (Å²) in [7, 11) is 0. The Kier molecular flexibility index (Phi) is 5.15. The average Bonchev–Trinajstić information content (AvgIpc) is 3.10. The third-order valence-corrected chi connectivity index (χ3v) is 4.01. The highest BCUT2D eigenvalue weighted by atomic mass is 19.1. The molecule has 3 rings (SSSR count). The molecule has 5 nitrogen and oxygen atoms in total. The van der Waals surface area contributed by atoms with Crippen LogP contribution in [-0.4, -0.2) is 34.7 Å². The van der Waals surface area contributed by atoms with Gasteiger partial charge in [0, 0.05) is 49.7 Å². The highest BCUT2D eigenvalue weighted by Crippen LogP contribution is 2.16. The number of hydrogen-bond donors (Lipinski definition) is 2. The number of nitrogens with one attached hydrogen (secondary N) is 1. The Morgan fingerprint density at radius 1 is 1.17 bits per heavy atom. The van der Waals surface area contributed by atoms with E-state index >= 15 is 0 Å². The van der Waals surface area contributed by atoms with Crippen LogP contribution in [0.5, 0.6) is 0 Å². The zero-order valence-electron chi connectivity index (χ0n) is 13.0. The number of aromatic nitrogens is 2. The lowest BCUT2D eigenvalue weighted by molar-refractivity contribution is 0.169. The lowest BCUT2D eigenvalue weighted by Gasteiger charge is -2.15. The maximum Gasteiger partial charge on any atom is 0.225 e. The summed E-state index contributed by atoms with van der Waals surface area (Å²) in [6, 6.07) is 6.27. The Morgan fingerprint density at radius 2 is 1.87 bits per heavy atom. The van der Waals surface area contributed by atoms with Crippen molar-refractivity contribution in [1.29, 1.82) is 0 Å². The van der Waals surface area contributed by atoms with E-state index in [2.05, 4.69) is 20.2 Å². The van der Waals surface area contributed by atoms with Crippen molar-refractivity contribution >= 4 is 5.95 Å². The number of benzene rings is 1. The molecule has 2 N–H and O–H groups in total. The first-order valence-corrected chi connectivity index (χ1v) is 7.93. The molecular formula is C17H21FN4O. The molecule has 122 valence electrons. The van der Waals surface area contributed by atoms with Crippen LogP contribution in [0.1, 0.15) is 30.1 Å². The molecule has 0 unspecified atom stereocenters. The van der Waals surface area contributed by atoms with Gasteiger partial charge in [-0.2, -0.15) is 0 Å². The molecule has 0 saturated carbocycles. The minimum absolute atomic E-state index is 0.273. The van der Waals surface area contributed by atoms with Gasteiger partial charge in [0.1, 0.15) is 5.82 Å². The summed E-state index contributed by atoms with van der Waals surface area (Å²) in [6.07, 6.45) is 5.11. The minimum Gasteiger partial charge on any atom is -0.387 e. The molecular weight excluding hydrogens is 295 g/mol. The van der Waals surface area contributed by atoms with Gasteiger partial charge in [0.05, 0.1) is 6.10 Å². The highest BCUT2D eigenvalue weighted by Gasteiger charge is 2.14. The van der Waals surface area contributed by atoms with Crippen molar-refractivity contribution in [1.82, 2.24) is 15.3 Å². The maximum atomic E-state index is 13.6. The molecule has 2 heterocycles. The SMILES string of the molecule is O[C@H](CNCc1cnc(N2CCCC2)nc1)c1ccccc1F. The van der Waals surface area contributed by atoms with Crippen LogP contribution in [-0.2, 0) is 6.54 Å². The van der Waals surface area contributed by atoms with E-state index in [4.69, 9.17) is 0 Å². The Labute approximate surface area is 135 Å². The number of aliphatic hydroxyl groups excluding tert-OH is 1. The molecule has 1 atom stereocenters. The van der Waals surface area contributed by atoms with Gasteiger partial charge in [0.15, 0.2) is 0 Å². The predicted molar refractivity (Wildman–Crippen MR) is 86.5 cm³/mol. The third-order valence-electron chi connectivity index (χ3n) is 4.01. The van der Waals surface area contributed by atoms with Crippen molar-refractivity contribution in [3.63, 3.8) is 0 Å². The second kappa shape index (κ2) is 7.48. The molecule has 0 radical (unpaired) electrons. The fraction of sp³-hybridized carbons (Fsp3) is 0.412. The van der Waals surface area contributed by atoms with Crippen LogP contribution in [0.4, 0.5) is 10.3 Å². The van der Waals surface area contributed by atoms with Crippen LogP contribution >= 0.6 is 0 Å². The molecule has 0 amide bonds. The van der Waals surface area contributed by atoms with E-state index in [0.717, 1.165) is 24.6 Å². The first-order valence-electron chi connectivity index (χ1n) is 7.93. The summed E-state index contributed by atoms with van der Waals surface area (Å²) in [5.41, 5.74) is 1.24. The molecule has 0 spiro atoms. The molecule has 0 aliphatic carbocycles. The molecule has 1 fully saturated rings. The van der Waals surface area contributed by atoms with E-state index in [0.29, 0.717) is 12.1 Å². The van der Waals surface area contributed by atoms with Gasteiger partial charge in [-0.3, -0.25) is 0 Å². The molecule has 6 heteroatoms. The zero-order valence-corrected chi connectivity index (χ0v) is 13.0. The standard InChI is InChI=1S/C17H21FN4O/c18-15-6-2-1-5-14(15)16(23)12-19-9-13-10-20-17(21-11-13)22-7-3-4-8-22/h1-2,5-6,10-11,16,19,23H,3-4,7-9,12H2/t16-/m1/s1. The van der Waals surface area contributed by atoms with E-state index in [9.17, 15) is 9.50 Å². The van der Waals surface area contributed by atoms with Gasteiger partial charge < -0.3 is 15.3 Å². The van der Waals surface area contributed by atoms with Crippen LogP contribution in [0.2, 0.25) is 0 Å². The fourth-order valence-electron chi connectivity index (χ4n) is 2.73. The molecule has 1 aliphatic heterocycles. The molecule has 1 aromatic carbocycles. The van der Waals surface area contributed by atoms with Gasteiger partial charge in [-0.15, -0.1) is 0 Å². The summed E-state index contributed by atoms with van der Waals surface area (Å²) >= 11 is 0. The molecule has 1 aromatic heterocycles. The van der Waals surface area contributed by atoms with E-state index in [1.807, 2.05) is 0 Å². The van der Waals surface area contributed by atoms with Crippen LogP contribution in [0.15, 0.2) is 36.7 Å². The van der Waals surface area contributed by atoms with Crippen LogP contribution in [0.25, 0.3) is 0 Å². The van der Waals surface area contributed by atoms with Crippen molar-refractivity contribution in [2.24, 2.45) is 0 Å². The number of rotatable bonds is 6. The van der Waals surface area contributed by atoms with Gasteiger partial charge in [0.2, 0.25) is 5.95 Å². The average molecular weight is 316 g/mol. The Bertz CT molecular complexity index is 629. The lowest BCUT2D eigenvalue weighted by Crippen LogP contribution is -2.23. The van der Waals surface area contributed by atoms with Gasteiger partial charge in [-0.1, -0.05) is 18.2 Å². The topological polar surface area (TPSA) is 61.3 Å². The molecule has 0 bridgehead atoms. The lowest BCUT2D eigenvalue weighted by atomic mass is 10.1. The van der Waals surface area contributed by atoms with E-state index < -0.39 is 6.10 Å². The van der Waals surface area contributed by atoms with Crippen molar-refractivity contribution < 1.29 is 9.50 Å². The Balaban J connectivity index is 1.49. The summed E-state index contributed by atoms with van der Waals surface area (Å²) in [4.78, 5) is 10.9. The van der Waals surface area contributed by atoms with Gasteiger partial charge >= 0.3 is 0 Å². The molecule has 23 heavy (non-hydrogen) atoms. The predicted octanol–water partition coefficient (Wildman–Crippen LogP) is 2.04. The number of nitrogens with zero attached hydrogens (tertiary/aromatic N) is 3. The van der Waals surface area contributed by atoms with Crippen LogP contribution < -0.4 is 10.2 Å². The maximum absolute atomic E-state index is 13.6. The van der Waals surface area contributed by atoms with E-state index in [1.165, 1.54) is 18.9 Å². The second-order valence-electron chi connectivity index (χ2n) is 5.75. The number of hydrogen-bond acceptors (Lipinski definition) is 5. The highest BCUT2D eigenvalue weighted by molar-refractivity contribution is 5.31. The van der Waals surface area contributed by atoms with Crippen LogP contribution in [0, 0.1) is 5.82 Å². The number of anilines is 1. The Morgan fingerprint density at radius 3 is 2.57 bits per heavy atom. The minimum atomic E-state index is -0.874. The van der Waals surface area contributed by atoms with Crippen molar-refractivity contribution in [2.75, 3.05) is 24.5 Å². The van der Waals surface area contributed by atoms with Gasteiger partial charge in [0.25, 0.3) is 0 Å². The molecule has 1 aliphatic rings. The second-order valence-corrected chi connectivity index (χ2v) is 5.75. The third kappa shape index (κ3) is 4.03. The number of halogens is 1. The monoisotopic (exact) mass is 316 g/mol. The summed E-state index contributed by atoms with van der Waals surface area (Å²) in [5.74, 6) is 0.387. The normalized spacial score (nSPS) is 15.8. The van der Waals surface area contributed by atoms with E-state index in [-0.39, 0.29) is 12.4 Å². The summed E-state index contributed by atoms with van der Waals surface area (Å²) in [6.45, 7) is 2.85. The smallest absolute Gasteiger partial charge is 0.225 e. The van der Waals surface area contributed by atoms with Crippen molar-refractivity contribution in [2.45, 2.75) is 25.5 Å². The first-order chi connectivity index (χ1) is 11.2. The Hall–Kier alpha value is -2.05. The molecule has 2 aromatic rings. The van der Waals surface area contributed by atoms with Crippen molar-refractivity contribution in [3.05, 3.63) is 53.6 Å². The molecule has 1 saturated heterocycles. The van der Waals surface area contributed by atoms with E-state index in [1.54, 1.807) is 30.6 Å². The zero-order chi connectivity index (χ0) is 16.1. The van der Waals surface area contributed by atoms with Crippen molar-refractivity contribution in [3.8, 4) is 0 Å². The fourth-order valence-corrected chi connectivity index (χ4v) is 2.73. The number of aliphatic hydroxyl groups is 1. The summed E-state index contributed by atoms with van der Waals surface area (Å²) < 4.78 is 13.6. The first kappa shape index (κ1) is 15.8. The van der Waals surface area contributed by atoms with Gasteiger partial charge in [-0.05, 0) is 18.9 Å². The largest absolute Gasteiger partial charge is 0.387 e.